The molecule has 2 aromatic carbocycles. The topological polar surface area (TPSA) is 78.5 Å². The number of nitrogens with one attached hydrogen (secondary N) is 2. The summed E-state index contributed by atoms with van der Waals surface area (Å²) in [5.41, 5.74) is 2.49. The lowest BCUT2D eigenvalue weighted by Crippen LogP contribution is -2.36. The van der Waals surface area contributed by atoms with Crippen LogP contribution >= 0.6 is 0 Å². The molecule has 0 radical (unpaired) electrons. The number of nitrogens with zero attached hydrogens (tertiary/aromatic N) is 1. The van der Waals surface area contributed by atoms with Gasteiger partial charge in [0.05, 0.1) is 22.5 Å². The Kier molecular flexibility index (Phi) is 2.53. The normalized spacial score (nSPS) is 16.0. The summed E-state index contributed by atoms with van der Waals surface area (Å²) in [6, 6.07) is 11.6. The van der Waals surface area contributed by atoms with Gasteiger partial charge in [-0.2, -0.15) is 0 Å². The minimum absolute atomic E-state index is 0.350. The number of anilines is 2. The van der Waals surface area contributed by atoms with Crippen LogP contribution in [0.2, 0.25) is 0 Å². The lowest BCUT2D eigenvalue weighted by atomic mass is 10.1. The van der Waals surface area contributed by atoms with Crippen LogP contribution in [0, 0.1) is 0 Å². The summed E-state index contributed by atoms with van der Waals surface area (Å²) in [6.45, 7) is 0.359. The van der Waals surface area contributed by atoms with E-state index in [4.69, 9.17) is 0 Å². The number of rotatable bonds is 1. The first-order chi connectivity index (χ1) is 10.7. The summed E-state index contributed by atoms with van der Waals surface area (Å²) in [4.78, 5) is 37.8. The smallest absolute Gasteiger partial charge is 0.319 e. The lowest BCUT2D eigenvalue weighted by Gasteiger charge is -2.24. The Morgan fingerprint density at radius 1 is 0.864 bits per heavy atom. The Balaban J connectivity index is 1.86. The van der Waals surface area contributed by atoms with E-state index in [9.17, 15) is 14.4 Å². The van der Waals surface area contributed by atoms with Crippen LogP contribution in [0.4, 0.5) is 16.2 Å². The molecular weight excluding hydrogens is 282 g/mol. The highest BCUT2D eigenvalue weighted by molar-refractivity contribution is 6.35. The first kappa shape index (κ1) is 12.6. The number of carbonyl (C=O) groups excluding carboxylic acids is 3. The maximum absolute atomic E-state index is 12.6. The third-order valence-corrected chi connectivity index (χ3v) is 3.84. The van der Waals surface area contributed by atoms with E-state index in [-0.39, 0.29) is 17.8 Å². The van der Waals surface area contributed by atoms with Crippen LogP contribution in [0.3, 0.4) is 0 Å². The maximum atomic E-state index is 12.6. The summed E-state index contributed by atoms with van der Waals surface area (Å²) < 4.78 is 0. The molecule has 2 heterocycles. The van der Waals surface area contributed by atoms with Gasteiger partial charge in [0.25, 0.3) is 11.8 Å². The molecule has 0 spiro atoms. The van der Waals surface area contributed by atoms with Crippen molar-refractivity contribution in [3.05, 3.63) is 59.2 Å². The van der Waals surface area contributed by atoms with Gasteiger partial charge in [0.15, 0.2) is 0 Å². The second-order valence-corrected chi connectivity index (χ2v) is 5.11. The Bertz CT molecular complexity index is 809. The molecule has 22 heavy (non-hydrogen) atoms. The Hall–Kier alpha value is -3.15. The highest BCUT2D eigenvalue weighted by Gasteiger charge is 2.38. The van der Waals surface area contributed by atoms with E-state index in [1.54, 1.807) is 36.4 Å². The van der Waals surface area contributed by atoms with Crippen LogP contribution < -0.4 is 15.5 Å². The molecule has 4 rings (SSSR count). The molecule has 0 aliphatic carbocycles. The first-order valence-electron chi connectivity index (χ1n) is 6.81. The highest BCUT2D eigenvalue weighted by atomic mass is 16.2. The van der Waals surface area contributed by atoms with Crippen molar-refractivity contribution in [3.8, 4) is 0 Å². The van der Waals surface area contributed by atoms with Crippen molar-refractivity contribution in [2.45, 2.75) is 6.54 Å². The van der Waals surface area contributed by atoms with Crippen molar-refractivity contribution in [2.75, 3.05) is 10.2 Å². The molecule has 0 saturated carbocycles. The molecule has 0 aromatic heterocycles. The number of urea groups is 1. The van der Waals surface area contributed by atoms with Gasteiger partial charge >= 0.3 is 6.03 Å². The molecule has 0 bridgehead atoms. The molecule has 2 aliphatic rings. The zero-order valence-electron chi connectivity index (χ0n) is 11.4. The minimum atomic E-state index is -0.373. The zero-order chi connectivity index (χ0) is 15.3. The molecule has 6 heteroatoms. The fourth-order valence-corrected chi connectivity index (χ4v) is 2.81. The molecule has 0 atom stereocenters. The largest absolute Gasteiger partial charge is 0.334 e. The summed E-state index contributed by atoms with van der Waals surface area (Å²) >= 11 is 0. The Labute approximate surface area is 125 Å². The Morgan fingerprint density at radius 3 is 2.23 bits per heavy atom. The SMILES string of the molecule is O=C1NCc2cccc(N3C(=O)c4ccccc4C3=O)c2N1. The molecular formula is C16H11N3O3. The molecule has 2 N–H and O–H groups in total. The van der Waals surface area contributed by atoms with Crippen molar-refractivity contribution in [2.24, 2.45) is 0 Å². The van der Waals surface area contributed by atoms with Crippen LogP contribution in [-0.2, 0) is 6.54 Å². The molecule has 4 amide bonds. The summed E-state index contributed by atoms with van der Waals surface area (Å²) in [5, 5.41) is 5.33. The van der Waals surface area contributed by atoms with Crippen LogP contribution in [0.1, 0.15) is 26.3 Å². The monoisotopic (exact) mass is 293 g/mol. The van der Waals surface area contributed by atoms with E-state index in [2.05, 4.69) is 10.6 Å². The summed E-state index contributed by atoms with van der Waals surface area (Å²) in [5.74, 6) is -0.747. The summed E-state index contributed by atoms with van der Waals surface area (Å²) in [6.07, 6.45) is 0. The van der Waals surface area contributed by atoms with Gasteiger partial charge in [-0.3, -0.25) is 9.59 Å². The third-order valence-electron chi connectivity index (χ3n) is 3.84. The number of hydrogen-bond donors (Lipinski definition) is 2. The number of fused-ring (bicyclic) bond motifs is 2. The van der Waals surface area contributed by atoms with E-state index in [0.29, 0.717) is 29.0 Å². The van der Waals surface area contributed by atoms with Crippen molar-refractivity contribution in [1.29, 1.82) is 0 Å². The van der Waals surface area contributed by atoms with Gasteiger partial charge in [-0.25, -0.2) is 9.69 Å². The zero-order valence-corrected chi connectivity index (χ0v) is 11.4. The standard InChI is InChI=1S/C16H11N3O3/c20-14-10-5-1-2-6-11(10)15(21)19(14)12-7-3-4-9-8-17-16(22)18-13(9)12/h1-7H,8H2,(H2,17,18,22). The molecule has 2 aromatic rings. The average molecular weight is 293 g/mol. The van der Waals surface area contributed by atoms with E-state index < -0.39 is 0 Å². The van der Waals surface area contributed by atoms with Gasteiger partial charge in [0.1, 0.15) is 0 Å². The number of para-hydroxylation sites is 1. The van der Waals surface area contributed by atoms with Crippen molar-refractivity contribution >= 4 is 29.2 Å². The number of imide groups is 1. The quantitative estimate of drug-likeness (QED) is 0.790. The van der Waals surface area contributed by atoms with Crippen LogP contribution in [0.5, 0.6) is 0 Å². The average Bonchev–Trinajstić information content (AvgIpc) is 2.79. The van der Waals surface area contributed by atoms with Crippen LogP contribution in [0.15, 0.2) is 42.5 Å². The van der Waals surface area contributed by atoms with Gasteiger partial charge in [0.2, 0.25) is 0 Å². The van der Waals surface area contributed by atoms with Gasteiger partial charge in [0, 0.05) is 6.54 Å². The van der Waals surface area contributed by atoms with E-state index in [0.717, 1.165) is 10.5 Å². The molecule has 2 aliphatic heterocycles. The molecule has 6 nitrogen and oxygen atoms in total. The minimum Gasteiger partial charge on any atom is -0.334 e. The molecule has 0 unspecified atom stereocenters. The highest BCUT2D eigenvalue weighted by Crippen LogP contribution is 2.36. The molecule has 0 fully saturated rings. The molecule has 108 valence electrons. The number of amides is 4. The van der Waals surface area contributed by atoms with Crippen LogP contribution in [0.25, 0.3) is 0 Å². The van der Waals surface area contributed by atoms with Gasteiger partial charge in [-0.1, -0.05) is 24.3 Å². The van der Waals surface area contributed by atoms with Gasteiger partial charge in [-0.05, 0) is 23.8 Å². The second kappa shape index (κ2) is 4.42. The second-order valence-electron chi connectivity index (χ2n) is 5.11. The number of benzene rings is 2. The van der Waals surface area contributed by atoms with E-state index >= 15 is 0 Å². The number of hydrogen-bond acceptors (Lipinski definition) is 3. The third kappa shape index (κ3) is 1.64. The fourth-order valence-electron chi connectivity index (χ4n) is 2.81. The lowest BCUT2D eigenvalue weighted by molar-refractivity contribution is 0.0926. The molecule has 0 saturated heterocycles. The summed E-state index contributed by atoms with van der Waals surface area (Å²) in [7, 11) is 0. The van der Waals surface area contributed by atoms with E-state index in [1.165, 1.54) is 0 Å². The van der Waals surface area contributed by atoms with Gasteiger partial charge < -0.3 is 10.6 Å². The predicted molar refractivity (Wildman–Crippen MR) is 79.9 cm³/mol. The fraction of sp³-hybridized carbons (Fsp3) is 0.0625. The van der Waals surface area contributed by atoms with Gasteiger partial charge in [-0.15, -0.1) is 0 Å². The van der Waals surface area contributed by atoms with E-state index in [1.807, 2.05) is 6.07 Å². The Morgan fingerprint density at radius 2 is 1.55 bits per heavy atom. The predicted octanol–water partition coefficient (Wildman–Crippen LogP) is 2.12. The van der Waals surface area contributed by atoms with Crippen molar-refractivity contribution in [3.63, 3.8) is 0 Å². The van der Waals surface area contributed by atoms with Crippen LogP contribution in [-0.4, -0.2) is 17.8 Å². The first-order valence-corrected chi connectivity index (χ1v) is 6.81. The van der Waals surface area contributed by atoms with Crippen molar-refractivity contribution in [1.82, 2.24) is 5.32 Å². The maximum Gasteiger partial charge on any atom is 0.319 e. The number of carbonyl (C=O) groups is 3. The van der Waals surface area contributed by atoms with Crippen molar-refractivity contribution < 1.29 is 14.4 Å².